The zero-order chi connectivity index (χ0) is 13.8. The standard InChI is InChI=1S/C14H14BrFN2O/c1-19-10-4-2-3-9(5-10)8-18-14-6-11(15)12(16)7-13(14)17/h2-7,18H,8,17H2,1H3. The molecule has 3 N–H and O–H groups in total. The number of nitrogens with one attached hydrogen (secondary N) is 1. The predicted molar refractivity (Wildman–Crippen MR) is 78.8 cm³/mol. The second-order valence-electron chi connectivity index (χ2n) is 4.06. The summed E-state index contributed by atoms with van der Waals surface area (Å²) in [5, 5.41) is 3.17. The number of ether oxygens (including phenoxy) is 1. The van der Waals surface area contributed by atoms with Gasteiger partial charge in [-0.05, 0) is 39.7 Å². The van der Waals surface area contributed by atoms with Crippen molar-refractivity contribution >= 4 is 27.3 Å². The van der Waals surface area contributed by atoms with Gasteiger partial charge in [-0.15, -0.1) is 0 Å². The zero-order valence-electron chi connectivity index (χ0n) is 10.4. The van der Waals surface area contributed by atoms with Gasteiger partial charge in [0.05, 0.1) is 23.0 Å². The molecule has 0 aliphatic rings. The lowest BCUT2D eigenvalue weighted by molar-refractivity contribution is 0.414. The fourth-order valence-electron chi connectivity index (χ4n) is 1.70. The van der Waals surface area contributed by atoms with Crippen molar-refractivity contribution in [3.8, 4) is 5.75 Å². The van der Waals surface area contributed by atoms with E-state index in [1.165, 1.54) is 6.07 Å². The normalized spacial score (nSPS) is 10.3. The van der Waals surface area contributed by atoms with Gasteiger partial charge in [0, 0.05) is 12.6 Å². The smallest absolute Gasteiger partial charge is 0.139 e. The molecular weight excluding hydrogens is 311 g/mol. The predicted octanol–water partition coefficient (Wildman–Crippen LogP) is 3.79. The lowest BCUT2D eigenvalue weighted by Gasteiger charge is -2.11. The molecular formula is C14H14BrFN2O. The highest BCUT2D eigenvalue weighted by Gasteiger charge is 2.05. The Labute approximate surface area is 119 Å². The molecule has 0 aromatic heterocycles. The number of nitrogen functional groups attached to an aromatic ring is 1. The van der Waals surface area contributed by atoms with Crippen LogP contribution in [0.1, 0.15) is 5.56 Å². The van der Waals surface area contributed by atoms with E-state index in [9.17, 15) is 4.39 Å². The van der Waals surface area contributed by atoms with Gasteiger partial charge >= 0.3 is 0 Å². The molecule has 0 amide bonds. The van der Waals surface area contributed by atoms with Crippen molar-refractivity contribution in [3.63, 3.8) is 0 Å². The van der Waals surface area contributed by atoms with Crippen LogP contribution in [0.3, 0.4) is 0 Å². The van der Waals surface area contributed by atoms with Gasteiger partial charge in [0.25, 0.3) is 0 Å². The average molecular weight is 325 g/mol. The molecule has 5 heteroatoms. The summed E-state index contributed by atoms with van der Waals surface area (Å²) in [6, 6.07) is 10.6. The molecule has 0 aliphatic carbocycles. The van der Waals surface area contributed by atoms with E-state index < -0.39 is 0 Å². The molecule has 19 heavy (non-hydrogen) atoms. The first kappa shape index (κ1) is 13.7. The summed E-state index contributed by atoms with van der Waals surface area (Å²) in [4.78, 5) is 0. The topological polar surface area (TPSA) is 47.3 Å². The number of halogens is 2. The highest BCUT2D eigenvalue weighted by Crippen LogP contribution is 2.27. The third-order valence-corrected chi connectivity index (χ3v) is 3.32. The first-order valence-electron chi connectivity index (χ1n) is 5.71. The third kappa shape index (κ3) is 3.38. The van der Waals surface area contributed by atoms with E-state index in [4.69, 9.17) is 10.5 Å². The molecule has 0 aliphatic heterocycles. The summed E-state index contributed by atoms with van der Waals surface area (Å²) in [5.74, 6) is 0.428. The number of methoxy groups -OCH3 is 1. The van der Waals surface area contributed by atoms with Crippen LogP contribution < -0.4 is 15.8 Å². The molecule has 3 nitrogen and oxygen atoms in total. The molecule has 2 aromatic rings. The van der Waals surface area contributed by atoms with E-state index in [1.807, 2.05) is 24.3 Å². The van der Waals surface area contributed by atoms with E-state index in [1.54, 1.807) is 13.2 Å². The highest BCUT2D eigenvalue weighted by atomic mass is 79.9. The molecule has 0 heterocycles. The van der Waals surface area contributed by atoms with Crippen LogP contribution in [-0.2, 0) is 6.54 Å². The minimum Gasteiger partial charge on any atom is -0.497 e. The summed E-state index contributed by atoms with van der Waals surface area (Å²) in [6.45, 7) is 0.583. The quantitative estimate of drug-likeness (QED) is 0.841. The molecule has 2 rings (SSSR count). The molecule has 0 saturated heterocycles. The Hall–Kier alpha value is -1.75. The SMILES string of the molecule is COc1cccc(CNc2cc(Br)c(F)cc2N)c1. The molecule has 0 fully saturated rings. The zero-order valence-corrected chi connectivity index (χ0v) is 12.0. The van der Waals surface area contributed by atoms with Crippen molar-refractivity contribution in [3.05, 3.63) is 52.3 Å². The van der Waals surface area contributed by atoms with Gasteiger partial charge in [0.15, 0.2) is 0 Å². The van der Waals surface area contributed by atoms with Crippen molar-refractivity contribution in [1.29, 1.82) is 0 Å². The Balaban J connectivity index is 2.12. The number of nitrogens with two attached hydrogens (primary N) is 1. The number of hydrogen-bond donors (Lipinski definition) is 2. The van der Waals surface area contributed by atoms with E-state index in [-0.39, 0.29) is 5.82 Å². The van der Waals surface area contributed by atoms with Crippen LogP contribution in [0.15, 0.2) is 40.9 Å². The summed E-state index contributed by atoms with van der Waals surface area (Å²) < 4.78 is 18.8. The van der Waals surface area contributed by atoms with Crippen LogP contribution >= 0.6 is 15.9 Å². The number of benzene rings is 2. The van der Waals surface area contributed by atoms with Crippen molar-refractivity contribution in [2.24, 2.45) is 0 Å². The molecule has 0 spiro atoms. The Morgan fingerprint density at radius 3 is 2.84 bits per heavy atom. The van der Waals surface area contributed by atoms with E-state index >= 15 is 0 Å². The summed E-state index contributed by atoms with van der Waals surface area (Å²) in [7, 11) is 1.63. The minimum atomic E-state index is -0.371. The maximum atomic E-state index is 13.3. The van der Waals surface area contributed by atoms with Gasteiger partial charge in [-0.25, -0.2) is 4.39 Å². The molecule has 0 atom stereocenters. The molecule has 0 bridgehead atoms. The molecule has 0 saturated carbocycles. The van der Waals surface area contributed by atoms with Crippen molar-refractivity contribution in [2.45, 2.75) is 6.54 Å². The minimum absolute atomic E-state index is 0.371. The van der Waals surface area contributed by atoms with Gasteiger partial charge in [-0.2, -0.15) is 0 Å². The second kappa shape index (κ2) is 5.93. The molecule has 2 aromatic carbocycles. The summed E-state index contributed by atoms with van der Waals surface area (Å²) >= 11 is 3.14. The van der Waals surface area contributed by atoms with Gasteiger partial charge in [-0.1, -0.05) is 12.1 Å². The number of anilines is 2. The maximum absolute atomic E-state index is 13.3. The molecule has 0 unspecified atom stereocenters. The first-order chi connectivity index (χ1) is 9.10. The lowest BCUT2D eigenvalue weighted by Crippen LogP contribution is -2.03. The van der Waals surface area contributed by atoms with Crippen molar-refractivity contribution < 1.29 is 9.13 Å². The third-order valence-electron chi connectivity index (χ3n) is 2.71. The largest absolute Gasteiger partial charge is 0.497 e. The Morgan fingerprint density at radius 1 is 1.32 bits per heavy atom. The lowest BCUT2D eigenvalue weighted by atomic mass is 10.2. The van der Waals surface area contributed by atoms with Crippen LogP contribution in [0.2, 0.25) is 0 Å². The second-order valence-corrected chi connectivity index (χ2v) is 4.91. The van der Waals surface area contributed by atoms with E-state index in [0.717, 1.165) is 11.3 Å². The Kier molecular flexibility index (Phi) is 4.27. The molecule has 100 valence electrons. The van der Waals surface area contributed by atoms with Crippen LogP contribution in [0.4, 0.5) is 15.8 Å². The fourth-order valence-corrected chi connectivity index (χ4v) is 2.04. The van der Waals surface area contributed by atoms with Crippen LogP contribution in [0.25, 0.3) is 0 Å². The maximum Gasteiger partial charge on any atom is 0.139 e. The van der Waals surface area contributed by atoms with Crippen LogP contribution in [-0.4, -0.2) is 7.11 Å². The number of hydrogen-bond acceptors (Lipinski definition) is 3. The molecule has 0 radical (unpaired) electrons. The van der Waals surface area contributed by atoms with Gasteiger partial charge in [0.1, 0.15) is 11.6 Å². The summed E-state index contributed by atoms with van der Waals surface area (Å²) in [5.41, 5.74) is 7.89. The Morgan fingerprint density at radius 2 is 2.11 bits per heavy atom. The van der Waals surface area contributed by atoms with Crippen LogP contribution in [0.5, 0.6) is 5.75 Å². The van der Waals surface area contributed by atoms with E-state index in [2.05, 4.69) is 21.2 Å². The average Bonchev–Trinajstić information content (AvgIpc) is 2.41. The monoisotopic (exact) mass is 324 g/mol. The van der Waals surface area contributed by atoms with Crippen molar-refractivity contribution in [2.75, 3.05) is 18.2 Å². The van der Waals surface area contributed by atoms with E-state index in [0.29, 0.717) is 22.4 Å². The van der Waals surface area contributed by atoms with Gasteiger partial charge in [-0.3, -0.25) is 0 Å². The van der Waals surface area contributed by atoms with Gasteiger partial charge in [0.2, 0.25) is 0 Å². The van der Waals surface area contributed by atoms with Gasteiger partial charge < -0.3 is 15.8 Å². The fraction of sp³-hybridized carbons (Fsp3) is 0.143. The van der Waals surface area contributed by atoms with Crippen LogP contribution in [0, 0.1) is 5.82 Å². The Bertz CT molecular complexity index is 590. The summed E-state index contributed by atoms with van der Waals surface area (Å²) in [6.07, 6.45) is 0. The van der Waals surface area contributed by atoms with Crippen molar-refractivity contribution in [1.82, 2.24) is 0 Å². The number of rotatable bonds is 4. The highest BCUT2D eigenvalue weighted by molar-refractivity contribution is 9.10. The first-order valence-corrected chi connectivity index (χ1v) is 6.51.